The van der Waals surface area contributed by atoms with Crippen molar-refractivity contribution in [2.45, 2.75) is 26.7 Å². The quantitative estimate of drug-likeness (QED) is 0.710. The van der Waals surface area contributed by atoms with E-state index in [0.29, 0.717) is 0 Å². The molecule has 2 nitrogen and oxygen atoms in total. The zero-order valence-corrected chi connectivity index (χ0v) is 9.23. The molecule has 3 heteroatoms. The van der Waals surface area contributed by atoms with E-state index in [2.05, 4.69) is 24.1 Å². The summed E-state index contributed by atoms with van der Waals surface area (Å²) in [5, 5.41) is 6.71. The van der Waals surface area contributed by atoms with Crippen LogP contribution in [0.5, 0.6) is 0 Å². The van der Waals surface area contributed by atoms with Gasteiger partial charge < -0.3 is 5.32 Å². The SMILES string of the molecule is CCC(C)CNCCc1nccs1. The van der Waals surface area contributed by atoms with Gasteiger partial charge in [-0.05, 0) is 12.5 Å². The van der Waals surface area contributed by atoms with Gasteiger partial charge in [0.15, 0.2) is 0 Å². The fraction of sp³-hybridized carbons (Fsp3) is 0.700. The second kappa shape index (κ2) is 6.11. The molecule has 0 bridgehead atoms. The van der Waals surface area contributed by atoms with Crippen molar-refractivity contribution in [2.24, 2.45) is 5.92 Å². The van der Waals surface area contributed by atoms with Gasteiger partial charge in [0, 0.05) is 24.5 Å². The minimum absolute atomic E-state index is 0.788. The molecule has 0 radical (unpaired) electrons. The summed E-state index contributed by atoms with van der Waals surface area (Å²) in [5.41, 5.74) is 0. The third-order valence-corrected chi connectivity index (χ3v) is 3.03. The third-order valence-electron chi connectivity index (χ3n) is 2.19. The lowest BCUT2D eigenvalue weighted by atomic mass is 10.1. The first-order chi connectivity index (χ1) is 6.33. The lowest BCUT2D eigenvalue weighted by Gasteiger charge is -2.08. The van der Waals surface area contributed by atoms with Gasteiger partial charge in [-0.2, -0.15) is 0 Å². The Hall–Kier alpha value is -0.410. The van der Waals surface area contributed by atoms with E-state index in [1.165, 1.54) is 11.4 Å². The van der Waals surface area contributed by atoms with Crippen molar-refractivity contribution in [1.29, 1.82) is 0 Å². The van der Waals surface area contributed by atoms with E-state index < -0.39 is 0 Å². The maximum Gasteiger partial charge on any atom is 0.0937 e. The summed E-state index contributed by atoms with van der Waals surface area (Å²) < 4.78 is 0. The zero-order valence-electron chi connectivity index (χ0n) is 8.42. The van der Waals surface area contributed by atoms with Crippen LogP contribution in [0.4, 0.5) is 0 Å². The minimum Gasteiger partial charge on any atom is -0.316 e. The average molecular weight is 198 g/mol. The summed E-state index contributed by atoms with van der Waals surface area (Å²) in [7, 11) is 0. The first-order valence-corrected chi connectivity index (χ1v) is 5.80. The number of rotatable bonds is 6. The Morgan fingerprint density at radius 2 is 2.46 bits per heavy atom. The van der Waals surface area contributed by atoms with Gasteiger partial charge in [-0.15, -0.1) is 11.3 Å². The molecule has 0 aliphatic rings. The van der Waals surface area contributed by atoms with Gasteiger partial charge in [-0.1, -0.05) is 20.3 Å². The smallest absolute Gasteiger partial charge is 0.0937 e. The molecule has 13 heavy (non-hydrogen) atoms. The van der Waals surface area contributed by atoms with E-state index in [-0.39, 0.29) is 0 Å². The zero-order chi connectivity index (χ0) is 9.52. The van der Waals surface area contributed by atoms with Crippen LogP contribution in [0.3, 0.4) is 0 Å². The van der Waals surface area contributed by atoms with Crippen molar-refractivity contribution in [3.8, 4) is 0 Å². The Morgan fingerprint density at radius 3 is 3.08 bits per heavy atom. The van der Waals surface area contributed by atoms with E-state index >= 15 is 0 Å². The summed E-state index contributed by atoms with van der Waals surface area (Å²) >= 11 is 1.74. The molecule has 1 aromatic rings. The van der Waals surface area contributed by atoms with Crippen molar-refractivity contribution < 1.29 is 0 Å². The second-order valence-corrected chi connectivity index (χ2v) is 4.37. The molecule has 1 aromatic heterocycles. The van der Waals surface area contributed by atoms with Crippen molar-refractivity contribution in [1.82, 2.24) is 10.3 Å². The molecule has 0 spiro atoms. The molecule has 0 aliphatic heterocycles. The van der Waals surface area contributed by atoms with Gasteiger partial charge in [0.25, 0.3) is 0 Å². The van der Waals surface area contributed by atoms with Crippen LogP contribution in [0.1, 0.15) is 25.3 Å². The molecule has 0 fully saturated rings. The molecule has 0 aromatic carbocycles. The predicted octanol–water partition coefficient (Wildman–Crippen LogP) is 2.32. The number of thiazole rings is 1. The van der Waals surface area contributed by atoms with E-state index in [1.807, 2.05) is 11.6 Å². The van der Waals surface area contributed by atoms with Crippen molar-refractivity contribution in [2.75, 3.05) is 13.1 Å². The molecule has 0 aliphatic carbocycles. The van der Waals surface area contributed by atoms with Crippen LogP contribution in [0, 0.1) is 5.92 Å². The second-order valence-electron chi connectivity index (χ2n) is 3.39. The lowest BCUT2D eigenvalue weighted by molar-refractivity contribution is 0.502. The van der Waals surface area contributed by atoms with Crippen molar-refractivity contribution in [3.05, 3.63) is 16.6 Å². The number of nitrogens with one attached hydrogen (secondary N) is 1. The Bertz CT molecular complexity index is 209. The molecule has 0 saturated carbocycles. The highest BCUT2D eigenvalue weighted by Crippen LogP contribution is 2.03. The predicted molar refractivity (Wildman–Crippen MR) is 58.1 cm³/mol. The highest BCUT2D eigenvalue weighted by atomic mass is 32.1. The molecule has 0 saturated heterocycles. The monoisotopic (exact) mass is 198 g/mol. The summed E-state index contributed by atoms with van der Waals surface area (Å²) in [4.78, 5) is 4.23. The van der Waals surface area contributed by atoms with E-state index in [9.17, 15) is 0 Å². The Labute approximate surface area is 84.4 Å². The first kappa shape index (κ1) is 10.7. The highest BCUT2D eigenvalue weighted by molar-refractivity contribution is 7.09. The minimum atomic E-state index is 0.788. The molecular formula is C10H18N2S. The normalized spacial score (nSPS) is 13.1. The largest absolute Gasteiger partial charge is 0.316 e. The maximum atomic E-state index is 4.23. The van der Waals surface area contributed by atoms with E-state index in [1.54, 1.807) is 11.3 Å². The van der Waals surface area contributed by atoms with E-state index in [4.69, 9.17) is 0 Å². The van der Waals surface area contributed by atoms with Gasteiger partial charge in [0.1, 0.15) is 0 Å². The van der Waals surface area contributed by atoms with Crippen LogP contribution >= 0.6 is 11.3 Å². The molecule has 1 rings (SSSR count). The highest BCUT2D eigenvalue weighted by Gasteiger charge is 1.98. The number of hydrogen-bond acceptors (Lipinski definition) is 3. The first-order valence-electron chi connectivity index (χ1n) is 4.92. The molecule has 1 unspecified atom stereocenters. The van der Waals surface area contributed by atoms with Gasteiger partial charge in [0.2, 0.25) is 0 Å². The van der Waals surface area contributed by atoms with Crippen molar-refractivity contribution >= 4 is 11.3 Å². The molecule has 0 amide bonds. The molecule has 1 heterocycles. The third kappa shape index (κ3) is 4.39. The van der Waals surface area contributed by atoms with Crippen LogP contribution < -0.4 is 5.32 Å². The topological polar surface area (TPSA) is 24.9 Å². The summed E-state index contributed by atoms with van der Waals surface area (Å²) in [6, 6.07) is 0. The van der Waals surface area contributed by atoms with Gasteiger partial charge in [-0.3, -0.25) is 0 Å². The summed E-state index contributed by atoms with van der Waals surface area (Å²) in [5.74, 6) is 0.788. The summed E-state index contributed by atoms with van der Waals surface area (Å²) in [6.07, 6.45) is 4.19. The number of aromatic nitrogens is 1. The van der Waals surface area contributed by atoms with Gasteiger partial charge in [0.05, 0.1) is 5.01 Å². The Kier molecular flexibility index (Phi) is 5.01. The van der Waals surface area contributed by atoms with Crippen molar-refractivity contribution in [3.63, 3.8) is 0 Å². The van der Waals surface area contributed by atoms with Crippen LogP contribution in [0.2, 0.25) is 0 Å². The molecule has 1 N–H and O–H groups in total. The van der Waals surface area contributed by atoms with Crippen LogP contribution in [0.15, 0.2) is 11.6 Å². The Morgan fingerprint density at radius 1 is 1.62 bits per heavy atom. The summed E-state index contributed by atoms with van der Waals surface area (Å²) in [6.45, 7) is 6.68. The average Bonchev–Trinajstić information content (AvgIpc) is 2.64. The molecule has 1 atom stereocenters. The van der Waals surface area contributed by atoms with Gasteiger partial charge in [-0.25, -0.2) is 4.98 Å². The van der Waals surface area contributed by atoms with Crippen LogP contribution in [-0.2, 0) is 6.42 Å². The fourth-order valence-electron chi connectivity index (χ4n) is 1.06. The molecular weight excluding hydrogens is 180 g/mol. The van der Waals surface area contributed by atoms with Gasteiger partial charge >= 0.3 is 0 Å². The number of hydrogen-bond donors (Lipinski definition) is 1. The standard InChI is InChI=1S/C10H18N2S/c1-3-9(2)8-11-5-4-10-12-6-7-13-10/h6-7,9,11H,3-5,8H2,1-2H3. The van der Waals surface area contributed by atoms with E-state index in [0.717, 1.165) is 25.4 Å². The van der Waals surface area contributed by atoms with Crippen LogP contribution in [0.25, 0.3) is 0 Å². The fourth-order valence-corrected chi connectivity index (χ4v) is 1.68. The Balaban J connectivity index is 2.02. The van der Waals surface area contributed by atoms with Crippen LogP contribution in [-0.4, -0.2) is 18.1 Å². The lowest BCUT2D eigenvalue weighted by Crippen LogP contribution is -2.23. The molecule has 74 valence electrons. The number of nitrogens with zero attached hydrogens (tertiary/aromatic N) is 1. The maximum absolute atomic E-state index is 4.23.